The van der Waals surface area contributed by atoms with Crippen LogP contribution in [-0.4, -0.2) is 41.1 Å². The van der Waals surface area contributed by atoms with Gasteiger partial charge in [0.15, 0.2) is 0 Å². The first-order valence-corrected chi connectivity index (χ1v) is 5.28. The Labute approximate surface area is 95.8 Å². The number of terminal acetylenes is 1. The maximum atomic E-state index is 11.6. The van der Waals surface area contributed by atoms with Crippen LogP contribution in [0, 0.1) is 12.3 Å². The lowest BCUT2D eigenvalue weighted by Gasteiger charge is -2.22. The molecule has 0 aromatic rings. The number of carbonyl (C=O) groups is 2. The summed E-state index contributed by atoms with van der Waals surface area (Å²) in [5.74, 6) is 1.53. The number of nitrogens with zero attached hydrogens (tertiary/aromatic N) is 1. The van der Waals surface area contributed by atoms with Gasteiger partial charge < -0.3 is 15.3 Å². The molecule has 0 aliphatic carbocycles. The normalized spacial score (nSPS) is 11.3. The zero-order chi connectivity index (χ0) is 12.6. The Morgan fingerprint density at radius 2 is 2.12 bits per heavy atom. The molecule has 0 aliphatic heterocycles. The molecular weight excluding hydrogens is 208 g/mol. The fraction of sp³-hybridized carbons (Fsp3) is 0.636. The molecule has 0 aromatic carbocycles. The highest BCUT2D eigenvalue weighted by Gasteiger charge is 2.14. The summed E-state index contributed by atoms with van der Waals surface area (Å²) in [5, 5.41) is 11.2. The second-order valence-electron chi connectivity index (χ2n) is 3.30. The Morgan fingerprint density at radius 1 is 1.50 bits per heavy atom. The molecule has 0 saturated carbocycles. The molecule has 5 heteroatoms. The third kappa shape index (κ3) is 5.25. The molecule has 0 bridgehead atoms. The standard InChI is InChI=1S/C11H18N2O3/c1-4-9(5-2)12-11(16)13(6-3)8-7-10(14)15/h1,9H,5-8H2,2-3H3,(H,12,16)(H,14,15). The number of rotatable bonds is 6. The summed E-state index contributed by atoms with van der Waals surface area (Å²) in [4.78, 5) is 23.5. The Balaban J connectivity index is 4.20. The summed E-state index contributed by atoms with van der Waals surface area (Å²) in [6, 6.07) is -0.611. The molecule has 5 nitrogen and oxygen atoms in total. The van der Waals surface area contributed by atoms with Crippen molar-refractivity contribution in [2.75, 3.05) is 13.1 Å². The number of amides is 2. The fourth-order valence-corrected chi connectivity index (χ4v) is 1.14. The second-order valence-corrected chi connectivity index (χ2v) is 3.30. The molecule has 0 aromatic heterocycles. The number of carboxylic acids is 1. The van der Waals surface area contributed by atoms with Crippen LogP contribution in [0.4, 0.5) is 4.79 Å². The zero-order valence-corrected chi connectivity index (χ0v) is 9.69. The largest absolute Gasteiger partial charge is 0.481 e. The quantitative estimate of drug-likeness (QED) is 0.661. The van der Waals surface area contributed by atoms with Crippen LogP contribution in [0.3, 0.4) is 0 Å². The van der Waals surface area contributed by atoms with Crippen molar-refractivity contribution in [3.8, 4) is 12.3 Å². The van der Waals surface area contributed by atoms with Gasteiger partial charge in [-0.05, 0) is 13.3 Å². The van der Waals surface area contributed by atoms with Gasteiger partial charge in [0.25, 0.3) is 0 Å². The van der Waals surface area contributed by atoms with Crippen LogP contribution in [-0.2, 0) is 4.79 Å². The first-order chi connectivity index (χ1) is 7.54. The Morgan fingerprint density at radius 3 is 2.50 bits per heavy atom. The minimum atomic E-state index is -0.921. The summed E-state index contributed by atoms with van der Waals surface area (Å²) in [7, 11) is 0. The van der Waals surface area contributed by atoms with Crippen molar-refractivity contribution in [2.45, 2.75) is 32.7 Å². The van der Waals surface area contributed by atoms with E-state index in [1.807, 2.05) is 6.92 Å². The van der Waals surface area contributed by atoms with E-state index >= 15 is 0 Å². The number of hydrogen-bond acceptors (Lipinski definition) is 2. The van der Waals surface area contributed by atoms with Crippen LogP contribution in [0.15, 0.2) is 0 Å². The Kier molecular flexibility index (Phi) is 6.77. The molecule has 0 rings (SSSR count). The fourth-order valence-electron chi connectivity index (χ4n) is 1.14. The molecule has 0 aliphatic rings. The van der Waals surface area contributed by atoms with Gasteiger partial charge in [-0.3, -0.25) is 4.79 Å². The number of urea groups is 1. The Hall–Kier alpha value is -1.70. The number of aliphatic carboxylic acids is 1. The molecule has 0 fully saturated rings. The van der Waals surface area contributed by atoms with Gasteiger partial charge >= 0.3 is 12.0 Å². The summed E-state index contributed by atoms with van der Waals surface area (Å²) >= 11 is 0. The molecule has 1 unspecified atom stereocenters. The highest BCUT2D eigenvalue weighted by atomic mass is 16.4. The van der Waals surface area contributed by atoms with Gasteiger partial charge in [0.2, 0.25) is 0 Å². The van der Waals surface area contributed by atoms with Gasteiger partial charge in [-0.25, -0.2) is 4.79 Å². The lowest BCUT2D eigenvalue weighted by molar-refractivity contribution is -0.137. The van der Waals surface area contributed by atoms with Crippen LogP contribution in [0.5, 0.6) is 0 Å². The number of carboxylic acid groups (broad SMARTS) is 1. The van der Waals surface area contributed by atoms with E-state index < -0.39 is 5.97 Å². The van der Waals surface area contributed by atoms with Gasteiger partial charge in [-0.1, -0.05) is 12.8 Å². The van der Waals surface area contributed by atoms with Crippen LogP contribution < -0.4 is 5.32 Å². The highest BCUT2D eigenvalue weighted by molar-refractivity contribution is 5.75. The first-order valence-electron chi connectivity index (χ1n) is 5.28. The van der Waals surface area contributed by atoms with Gasteiger partial charge in [-0.15, -0.1) is 6.42 Å². The predicted octanol–water partition coefficient (Wildman–Crippen LogP) is 0.904. The van der Waals surface area contributed by atoms with E-state index in [0.29, 0.717) is 13.0 Å². The van der Waals surface area contributed by atoms with Gasteiger partial charge in [-0.2, -0.15) is 0 Å². The van der Waals surface area contributed by atoms with Crippen LogP contribution >= 0.6 is 0 Å². The topological polar surface area (TPSA) is 69.6 Å². The molecule has 1 atom stereocenters. The van der Waals surface area contributed by atoms with Crippen LogP contribution in [0.2, 0.25) is 0 Å². The molecule has 0 radical (unpaired) electrons. The summed E-state index contributed by atoms with van der Waals surface area (Å²) < 4.78 is 0. The molecule has 16 heavy (non-hydrogen) atoms. The van der Waals surface area contributed by atoms with Crippen molar-refractivity contribution in [1.82, 2.24) is 10.2 Å². The van der Waals surface area contributed by atoms with E-state index in [1.165, 1.54) is 4.90 Å². The molecule has 0 spiro atoms. The summed E-state index contributed by atoms with van der Waals surface area (Å²) in [5.41, 5.74) is 0. The summed E-state index contributed by atoms with van der Waals surface area (Å²) in [6.07, 6.45) is 5.81. The summed E-state index contributed by atoms with van der Waals surface area (Å²) in [6.45, 7) is 4.31. The van der Waals surface area contributed by atoms with E-state index in [-0.39, 0.29) is 25.0 Å². The van der Waals surface area contributed by atoms with Gasteiger partial charge in [0.1, 0.15) is 0 Å². The average Bonchev–Trinajstić information content (AvgIpc) is 2.26. The van der Waals surface area contributed by atoms with E-state index in [2.05, 4.69) is 11.2 Å². The minimum Gasteiger partial charge on any atom is -0.481 e. The highest BCUT2D eigenvalue weighted by Crippen LogP contribution is 1.96. The third-order valence-corrected chi connectivity index (χ3v) is 2.17. The molecule has 0 saturated heterocycles. The third-order valence-electron chi connectivity index (χ3n) is 2.17. The van der Waals surface area contributed by atoms with Crippen molar-refractivity contribution >= 4 is 12.0 Å². The monoisotopic (exact) mass is 226 g/mol. The smallest absolute Gasteiger partial charge is 0.318 e. The van der Waals surface area contributed by atoms with Crippen molar-refractivity contribution < 1.29 is 14.7 Å². The lowest BCUT2D eigenvalue weighted by atomic mass is 10.2. The maximum absolute atomic E-state index is 11.6. The number of nitrogens with one attached hydrogen (secondary N) is 1. The van der Waals surface area contributed by atoms with Crippen molar-refractivity contribution in [2.24, 2.45) is 0 Å². The molecular formula is C11H18N2O3. The predicted molar refractivity (Wildman–Crippen MR) is 60.9 cm³/mol. The van der Waals surface area contributed by atoms with Crippen molar-refractivity contribution in [1.29, 1.82) is 0 Å². The average molecular weight is 226 g/mol. The van der Waals surface area contributed by atoms with Crippen LogP contribution in [0.25, 0.3) is 0 Å². The lowest BCUT2D eigenvalue weighted by Crippen LogP contribution is -2.44. The molecule has 2 amide bonds. The first kappa shape index (κ1) is 14.3. The van der Waals surface area contributed by atoms with Gasteiger partial charge in [0.05, 0.1) is 12.5 Å². The van der Waals surface area contributed by atoms with E-state index in [1.54, 1.807) is 6.92 Å². The van der Waals surface area contributed by atoms with Crippen molar-refractivity contribution in [3.63, 3.8) is 0 Å². The number of hydrogen-bond donors (Lipinski definition) is 2. The molecule has 90 valence electrons. The van der Waals surface area contributed by atoms with Gasteiger partial charge in [0, 0.05) is 13.1 Å². The van der Waals surface area contributed by atoms with Crippen LogP contribution in [0.1, 0.15) is 26.7 Å². The van der Waals surface area contributed by atoms with E-state index in [0.717, 1.165) is 0 Å². The Bertz CT molecular complexity index is 283. The second kappa shape index (κ2) is 7.57. The van der Waals surface area contributed by atoms with E-state index in [9.17, 15) is 9.59 Å². The zero-order valence-electron chi connectivity index (χ0n) is 9.69. The number of carbonyl (C=O) groups excluding carboxylic acids is 1. The SMILES string of the molecule is C#CC(CC)NC(=O)N(CC)CCC(=O)O. The molecule has 0 heterocycles. The minimum absolute atomic E-state index is 0.0614. The molecule has 2 N–H and O–H groups in total. The maximum Gasteiger partial charge on any atom is 0.318 e. The van der Waals surface area contributed by atoms with Crippen molar-refractivity contribution in [3.05, 3.63) is 0 Å². The van der Waals surface area contributed by atoms with E-state index in [4.69, 9.17) is 11.5 Å².